The zero-order chi connectivity index (χ0) is 9.35. The second kappa shape index (κ2) is 2.58. The molecule has 0 spiro atoms. The van der Waals surface area contributed by atoms with Gasteiger partial charge in [0.2, 0.25) is 5.95 Å². The van der Waals surface area contributed by atoms with Gasteiger partial charge in [-0.25, -0.2) is 0 Å². The van der Waals surface area contributed by atoms with Crippen LogP contribution in [0.1, 0.15) is 25.6 Å². The molecule has 0 aliphatic carbocycles. The third-order valence-corrected chi connectivity index (χ3v) is 1.41. The minimum absolute atomic E-state index is 0.134. The summed E-state index contributed by atoms with van der Waals surface area (Å²) in [7, 11) is 0. The topological polar surface area (TPSA) is 73.8 Å². The summed E-state index contributed by atoms with van der Waals surface area (Å²) >= 11 is 0. The van der Waals surface area contributed by atoms with Crippen molar-refractivity contribution in [2.75, 3.05) is 5.73 Å². The lowest BCUT2D eigenvalue weighted by molar-refractivity contribution is 0.0752. The Hall–Kier alpha value is -1.39. The van der Waals surface area contributed by atoms with Gasteiger partial charge in [0, 0.05) is 5.41 Å². The van der Waals surface area contributed by atoms with E-state index < -0.39 is 5.41 Å². The Morgan fingerprint density at radius 2 is 2.17 bits per heavy atom. The molecule has 0 radical (unpaired) electrons. The summed E-state index contributed by atoms with van der Waals surface area (Å²) in [6.07, 6.45) is 1.26. The number of carbonyl (C=O) groups is 1. The standard InChI is InChI=1S/C7H12N4O/c1-7(2,3)5(12)11-6(8)9-4-10-11/h4H,1-3H3,(H2,8,9,10). The molecule has 1 aromatic heterocycles. The highest BCUT2D eigenvalue weighted by Crippen LogP contribution is 2.16. The summed E-state index contributed by atoms with van der Waals surface area (Å²) in [5.74, 6) is -0.0209. The van der Waals surface area contributed by atoms with E-state index in [1.807, 2.05) is 0 Å². The van der Waals surface area contributed by atoms with Crippen LogP contribution in [-0.2, 0) is 0 Å². The second-order valence-electron chi connectivity index (χ2n) is 3.59. The van der Waals surface area contributed by atoms with E-state index in [4.69, 9.17) is 5.73 Å². The quantitative estimate of drug-likeness (QED) is 0.613. The molecule has 0 atom stereocenters. The molecule has 5 nitrogen and oxygen atoms in total. The number of hydrogen-bond donors (Lipinski definition) is 1. The van der Waals surface area contributed by atoms with Gasteiger partial charge in [0.25, 0.3) is 5.91 Å². The Morgan fingerprint density at radius 1 is 1.58 bits per heavy atom. The zero-order valence-corrected chi connectivity index (χ0v) is 7.40. The maximum Gasteiger partial charge on any atom is 0.255 e. The SMILES string of the molecule is CC(C)(C)C(=O)n1ncnc1N. The Morgan fingerprint density at radius 3 is 2.50 bits per heavy atom. The molecular weight excluding hydrogens is 156 g/mol. The molecule has 0 aliphatic heterocycles. The van der Waals surface area contributed by atoms with Crippen LogP contribution in [0.5, 0.6) is 0 Å². The number of nitrogens with two attached hydrogens (primary N) is 1. The van der Waals surface area contributed by atoms with Crippen molar-refractivity contribution < 1.29 is 4.79 Å². The van der Waals surface area contributed by atoms with Crippen LogP contribution in [0.25, 0.3) is 0 Å². The molecule has 0 aromatic carbocycles. The fraction of sp³-hybridized carbons (Fsp3) is 0.571. The number of nitrogens with zero attached hydrogens (tertiary/aromatic N) is 3. The molecule has 0 saturated heterocycles. The van der Waals surface area contributed by atoms with Crippen LogP contribution in [0, 0.1) is 5.41 Å². The van der Waals surface area contributed by atoms with Gasteiger partial charge in [0.15, 0.2) is 0 Å². The Bertz CT molecular complexity index is 297. The number of nitrogen functional groups attached to an aromatic ring is 1. The first kappa shape index (κ1) is 8.70. The summed E-state index contributed by atoms with van der Waals surface area (Å²) in [6.45, 7) is 5.41. The summed E-state index contributed by atoms with van der Waals surface area (Å²) in [5, 5.41) is 3.71. The van der Waals surface area contributed by atoms with Gasteiger partial charge in [-0.2, -0.15) is 14.8 Å². The summed E-state index contributed by atoms with van der Waals surface area (Å²) in [6, 6.07) is 0. The molecule has 0 bridgehead atoms. The molecule has 1 heterocycles. The average Bonchev–Trinajstić information content (AvgIpc) is 2.31. The van der Waals surface area contributed by atoms with E-state index in [1.54, 1.807) is 20.8 Å². The van der Waals surface area contributed by atoms with Gasteiger partial charge < -0.3 is 5.73 Å². The molecule has 0 fully saturated rings. The van der Waals surface area contributed by atoms with E-state index >= 15 is 0 Å². The normalized spacial score (nSPS) is 11.6. The number of anilines is 1. The van der Waals surface area contributed by atoms with Gasteiger partial charge in [0.1, 0.15) is 6.33 Å². The van der Waals surface area contributed by atoms with E-state index in [2.05, 4.69) is 10.1 Å². The van der Waals surface area contributed by atoms with Gasteiger partial charge in [-0.1, -0.05) is 20.8 Å². The van der Waals surface area contributed by atoms with Crippen molar-refractivity contribution in [1.82, 2.24) is 14.8 Å². The molecule has 66 valence electrons. The lowest BCUT2D eigenvalue weighted by atomic mass is 9.96. The first-order chi connectivity index (χ1) is 5.43. The van der Waals surface area contributed by atoms with Crippen LogP contribution >= 0.6 is 0 Å². The molecule has 12 heavy (non-hydrogen) atoms. The zero-order valence-electron chi connectivity index (χ0n) is 7.40. The monoisotopic (exact) mass is 168 g/mol. The van der Waals surface area contributed by atoms with E-state index in [0.29, 0.717) is 0 Å². The van der Waals surface area contributed by atoms with Gasteiger partial charge in [0.05, 0.1) is 0 Å². The lowest BCUT2D eigenvalue weighted by Crippen LogP contribution is -2.28. The predicted octanol–water partition coefficient (Wildman–Crippen LogP) is 0.547. The molecule has 5 heteroatoms. The highest BCUT2D eigenvalue weighted by Gasteiger charge is 2.25. The third kappa shape index (κ3) is 1.44. The molecule has 1 aromatic rings. The second-order valence-corrected chi connectivity index (χ2v) is 3.59. The molecule has 0 saturated carbocycles. The maximum atomic E-state index is 11.5. The third-order valence-electron chi connectivity index (χ3n) is 1.41. The van der Waals surface area contributed by atoms with E-state index in [1.165, 1.54) is 6.33 Å². The van der Waals surface area contributed by atoms with Crippen molar-refractivity contribution in [3.63, 3.8) is 0 Å². The van der Waals surface area contributed by atoms with Crippen LogP contribution in [0.15, 0.2) is 6.33 Å². The van der Waals surface area contributed by atoms with Crippen LogP contribution in [0.4, 0.5) is 5.95 Å². The predicted molar refractivity (Wildman–Crippen MR) is 44.5 cm³/mol. The van der Waals surface area contributed by atoms with Crippen molar-refractivity contribution in [3.8, 4) is 0 Å². The fourth-order valence-corrected chi connectivity index (χ4v) is 0.725. The average molecular weight is 168 g/mol. The van der Waals surface area contributed by atoms with Crippen LogP contribution in [0.2, 0.25) is 0 Å². The Balaban J connectivity index is 3.01. The molecule has 0 amide bonds. The van der Waals surface area contributed by atoms with Crippen molar-refractivity contribution in [2.45, 2.75) is 20.8 Å². The van der Waals surface area contributed by atoms with Crippen LogP contribution in [0.3, 0.4) is 0 Å². The minimum atomic E-state index is -0.484. The minimum Gasteiger partial charge on any atom is -0.368 e. The highest BCUT2D eigenvalue weighted by molar-refractivity contribution is 5.84. The van der Waals surface area contributed by atoms with E-state index in [9.17, 15) is 4.79 Å². The smallest absolute Gasteiger partial charge is 0.255 e. The first-order valence-corrected chi connectivity index (χ1v) is 3.63. The van der Waals surface area contributed by atoms with Crippen molar-refractivity contribution >= 4 is 11.9 Å². The van der Waals surface area contributed by atoms with Gasteiger partial charge in [-0.15, -0.1) is 0 Å². The first-order valence-electron chi connectivity index (χ1n) is 3.63. The van der Waals surface area contributed by atoms with Gasteiger partial charge >= 0.3 is 0 Å². The van der Waals surface area contributed by atoms with Gasteiger partial charge in [-0.05, 0) is 0 Å². The molecular formula is C7H12N4O. The number of aromatic nitrogens is 3. The molecule has 0 aliphatic rings. The van der Waals surface area contributed by atoms with Crippen LogP contribution < -0.4 is 5.73 Å². The summed E-state index contributed by atoms with van der Waals surface area (Å²) in [5.41, 5.74) is 4.92. The highest BCUT2D eigenvalue weighted by atomic mass is 16.2. The Kier molecular flexibility index (Phi) is 1.87. The van der Waals surface area contributed by atoms with Crippen molar-refractivity contribution in [3.05, 3.63) is 6.33 Å². The van der Waals surface area contributed by atoms with E-state index in [-0.39, 0.29) is 11.9 Å². The van der Waals surface area contributed by atoms with Crippen molar-refractivity contribution in [2.24, 2.45) is 5.41 Å². The molecule has 1 rings (SSSR count). The summed E-state index contributed by atoms with van der Waals surface area (Å²) in [4.78, 5) is 15.2. The number of carbonyl (C=O) groups excluding carboxylic acids is 1. The molecule has 0 unspecified atom stereocenters. The van der Waals surface area contributed by atoms with Crippen molar-refractivity contribution in [1.29, 1.82) is 0 Å². The molecule has 2 N–H and O–H groups in total. The van der Waals surface area contributed by atoms with Gasteiger partial charge in [-0.3, -0.25) is 4.79 Å². The number of hydrogen-bond acceptors (Lipinski definition) is 4. The van der Waals surface area contributed by atoms with E-state index in [0.717, 1.165) is 4.68 Å². The fourth-order valence-electron chi connectivity index (χ4n) is 0.725. The lowest BCUT2D eigenvalue weighted by Gasteiger charge is -2.15. The summed E-state index contributed by atoms with van der Waals surface area (Å²) < 4.78 is 1.11. The number of rotatable bonds is 0. The van der Waals surface area contributed by atoms with Crippen LogP contribution in [-0.4, -0.2) is 20.7 Å². The Labute approximate surface area is 70.6 Å². The largest absolute Gasteiger partial charge is 0.368 e. The maximum absolute atomic E-state index is 11.5.